The average Bonchev–Trinajstić information content (AvgIpc) is 2.82. The molecule has 0 bridgehead atoms. The Labute approximate surface area is 124 Å². The molecule has 2 heterocycles. The molecule has 102 valence electrons. The molecule has 20 heavy (non-hydrogen) atoms. The van der Waals surface area contributed by atoms with Gasteiger partial charge in [-0.05, 0) is 39.2 Å². The standard InChI is InChI=1S/C15H16BNO2S/c1-14(2)15(3,4)19-16(18-14)11-6-5-7-12-13(11)10(8-17)9-20-12/h5-7,9H,1-4H3/i9D. The second-order valence-corrected chi connectivity index (χ2v) is 6.85. The predicted molar refractivity (Wildman–Crippen MR) is 82.3 cm³/mol. The van der Waals surface area contributed by atoms with Crippen LogP contribution in [0.1, 0.15) is 34.6 Å². The van der Waals surface area contributed by atoms with E-state index >= 15 is 0 Å². The van der Waals surface area contributed by atoms with Crippen molar-refractivity contribution in [2.75, 3.05) is 0 Å². The summed E-state index contributed by atoms with van der Waals surface area (Å²) in [4.78, 5) is 0. The summed E-state index contributed by atoms with van der Waals surface area (Å²) in [5.74, 6) is 0. The van der Waals surface area contributed by atoms with E-state index in [0.717, 1.165) is 15.5 Å². The van der Waals surface area contributed by atoms with Crippen LogP contribution in [0.25, 0.3) is 10.1 Å². The Morgan fingerprint density at radius 1 is 1.25 bits per heavy atom. The lowest BCUT2D eigenvalue weighted by Gasteiger charge is -2.32. The maximum absolute atomic E-state index is 9.33. The zero-order valence-electron chi connectivity index (χ0n) is 13.0. The highest BCUT2D eigenvalue weighted by molar-refractivity contribution is 7.17. The van der Waals surface area contributed by atoms with Gasteiger partial charge in [0, 0.05) is 15.4 Å². The minimum Gasteiger partial charge on any atom is -0.399 e. The number of thiophene rings is 1. The van der Waals surface area contributed by atoms with Crippen LogP contribution in [0.2, 0.25) is 0 Å². The van der Waals surface area contributed by atoms with Crippen LogP contribution in [0.4, 0.5) is 0 Å². The van der Waals surface area contributed by atoms with Crippen LogP contribution in [0, 0.1) is 11.3 Å². The zero-order chi connectivity index (χ0) is 15.4. The molecule has 1 fully saturated rings. The van der Waals surface area contributed by atoms with Crippen LogP contribution < -0.4 is 5.46 Å². The first kappa shape index (κ1) is 12.4. The molecular formula is C15H16BNO2S. The fraction of sp³-hybridized carbons (Fsp3) is 0.400. The number of rotatable bonds is 1. The molecule has 1 saturated heterocycles. The fourth-order valence-corrected chi connectivity index (χ4v) is 3.13. The van der Waals surface area contributed by atoms with Gasteiger partial charge in [0.05, 0.1) is 18.1 Å². The Balaban J connectivity index is 2.17. The van der Waals surface area contributed by atoms with Crippen molar-refractivity contribution in [1.29, 1.82) is 5.26 Å². The van der Waals surface area contributed by atoms with Crippen molar-refractivity contribution in [3.63, 3.8) is 0 Å². The smallest absolute Gasteiger partial charge is 0.399 e. The number of hydrogen-bond donors (Lipinski definition) is 0. The van der Waals surface area contributed by atoms with Gasteiger partial charge in [0.1, 0.15) is 6.07 Å². The van der Waals surface area contributed by atoms with E-state index in [1.807, 2.05) is 45.9 Å². The van der Waals surface area contributed by atoms with Crippen molar-refractivity contribution in [3.8, 4) is 6.07 Å². The second-order valence-electron chi connectivity index (χ2n) is 6.00. The highest BCUT2D eigenvalue weighted by atomic mass is 32.1. The number of benzene rings is 1. The minimum absolute atomic E-state index is 0.288. The third kappa shape index (κ3) is 1.88. The number of nitriles is 1. The van der Waals surface area contributed by atoms with E-state index in [2.05, 4.69) is 6.07 Å². The highest BCUT2D eigenvalue weighted by Gasteiger charge is 2.52. The van der Waals surface area contributed by atoms with E-state index in [1.165, 1.54) is 11.3 Å². The van der Waals surface area contributed by atoms with E-state index in [0.29, 0.717) is 5.56 Å². The lowest BCUT2D eigenvalue weighted by Crippen LogP contribution is -2.41. The first-order valence-electron chi connectivity index (χ1n) is 7.04. The molecule has 1 aliphatic rings. The quantitative estimate of drug-likeness (QED) is 0.757. The van der Waals surface area contributed by atoms with E-state index in [1.54, 1.807) is 0 Å². The summed E-state index contributed by atoms with van der Waals surface area (Å²) in [6, 6.07) is 7.89. The third-order valence-electron chi connectivity index (χ3n) is 4.19. The molecule has 1 aromatic heterocycles. The number of fused-ring (bicyclic) bond motifs is 1. The molecule has 1 aliphatic heterocycles. The maximum Gasteiger partial charge on any atom is 0.495 e. The molecule has 0 amide bonds. The molecule has 3 nitrogen and oxygen atoms in total. The lowest BCUT2D eigenvalue weighted by molar-refractivity contribution is 0.00578. The van der Waals surface area contributed by atoms with Gasteiger partial charge in [-0.15, -0.1) is 11.3 Å². The largest absolute Gasteiger partial charge is 0.495 e. The van der Waals surface area contributed by atoms with Gasteiger partial charge in [0.2, 0.25) is 0 Å². The molecular weight excluding hydrogens is 269 g/mol. The fourth-order valence-electron chi connectivity index (χ4n) is 2.30. The van der Waals surface area contributed by atoms with E-state index in [9.17, 15) is 5.26 Å². The summed E-state index contributed by atoms with van der Waals surface area (Å²) in [6.07, 6.45) is 0. The molecule has 2 aromatic rings. The monoisotopic (exact) mass is 286 g/mol. The summed E-state index contributed by atoms with van der Waals surface area (Å²) < 4.78 is 21.0. The molecule has 0 aliphatic carbocycles. The summed E-state index contributed by atoms with van der Waals surface area (Å²) in [7, 11) is -0.514. The van der Waals surface area contributed by atoms with Crippen molar-refractivity contribution in [2.45, 2.75) is 38.9 Å². The summed E-state index contributed by atoms with van der Waals surface area (Å²) in [5, 5.41) is 10.4. The molecule has 3 rings (SSSR count). The highest BCUT2D eigenvalue weighted by Crippen LogP contribution is 2.37. The van der Waals surface area contributed by atoms with Crippen LogP contribution in [0.15, 0.2) is 23.6 Å². The van der Waals surface area contributed by atoms with Gasteiger partial charge in [0.25, 0.3) is 0 Å². The Morgan fingerprint density at radius 2 is 1.90 bits per heavy atom. The van der Waals surface area contributed by atoms with E-state index < -0.39 is 18.3 Å². The van der Waals surface area contributed by atoms with Crippen LogP contribution in [0.5, 0.6) is 0 Å². The van der Waals surface area contributed by atoms with Crippen molar-refractivity contribution in [1.82, 2.24) is 0 Å². The first-order chi connectivity index (χ1) is 9.77. The van der Waals surface area contributed by atoms with Gasteiger partial charge in [-0.25, -0.2) is 0 Å². The second kappa shape index (κ2) is 4.32. The molecule has 0 saturated carbocycles. The van der Waals surface area contributed by atoms with Crippen LogP contribution >= 0.6 is 11.3 Å². The lowest BCUT2D eigenvalue weighted by atomic mass is 9.76. The summed E-state index contributed by atoms with van der Waals surface area (Å²) >= 11 is 1.31. The van der Waals surface area contributed by atoms with Crippen LogP contribution in [-0.2, 0) is 9.31 Å². The predicted octanol–water partition coefficient (Wildman–Crippen LogP) is 3.07. The molecule has 0 N–H and O–H groups in total. The number of hydrogen-bond acceptors (Lipinski definition) is 4. The molecule has 5 heteroatoms. The van der Waals surface area contributed by atoms with Crippen LogP contribution in [0.3, 0.4) is 0 Å². The Hall–Kier alpha value is -1.35. The van der Waals surface area contributed by atoms with Gasteiger partial charge in [-0.3, -0.25) is 0 Å². The maximum atomic E-state index is 9.33. The normalized spacial score (nSPS) is 20.9. The first-order valence-corrected chi connectivity index (χ1v) is 7.36. The third-order valence-corrected chi connectivity index (χ3v) is 5.06. The van der Waals surface area contributed by atoms with Gasteiger partial charge in [-0.1, -0.05) is 12.1 Å². The van der Waals surface area contributed by atoms with Crippen molar-refractivity contribution in [2.24, 2.45) is 0 Å². The summed E-state index contributed by atoms with van der Waals surface area (Å²) in [6.45, 7) is 8.01. The molecule has 0 radical (unpaired) electrons. The molecule has 1 aromatic carbocycles. The summed E-state index contributed by atoms with van der Waals surface area (Å²) in [5.41, 5.74) is 0.386. The Morgan fingerprint density at radius 3 is 2.50 bits per heavy atom. The van der Waals surface area contributed by atoms with E-state index in [4.69, 9.17) is 10.7 Å². The Kier molecular flexibility index (Phi) is 2.68. The van der Waals surface area contributed by atoms with Gasteiger partial charge in [0.15, 0.2) is 0 Å². The van der Waals surface area contributed by atoms with Crippen molar-refractivity contribution >= 4 is 34.0 Å². The van der Waals surface area contributed by atoms with Gasteiger partial charge in [-0.2, -0.15) is 5.26 Å². The van der Waals surface area contributed by atoms with Crippen molar-refractivity contribution in [3.05, 3.63) is 29.1 Å². The number of nitrogens with zero attached hydrogens (tertiary/aromatic N) is 1. The van der Waals surface area contributed by atoms with Crippen LogP contribution in [-0.4, -0.2) is 18.3 Å². The average molecular weight is 286 g/mol. The SMILES string of the molecule is [2H]c1sc2cccc(B3OC(C)(C)C(C)(C)O3)c2c1C#N. The molecule has 0 spiro atoms. The van der Waals surface area contributed by atoms with Crippen molar-refractivity contribution < 1.29 is 10.7 Å². The Bertz CT molecular complexity index is 747. The molecule has 0 unspecified atom stereocenters. The zero-order valence-corrected chi connectivity index (χ0v) is 12.8. The minimum atomic E-state index is -0.514. The van der Waals surface area contributed by atoms with Gasteiger partial charge >= 0.3 is 7.12 Å². The van der Waals surface area contributed by atoms with Gasteiger partial charge < -0.3 is 9.31 Å². The topological polar surface area (TPSA) is 42.2 Å². The molecule has 0 atom stereocenters. The van der Waals surface area contributed by atoms with E-state index in [-0.39, 0.29) is 5.36 Å².